The van der Waals surface area contributed by atoms with E-state index in [1.165, 1.54) is 7.11 Å². The third-order valence-electron chi connectivity index (χ3n) is 2.95. The molecule has 0 radical (unpaired) electrons. The number of carbonyl (C=O) groups is 1. The van der Waals surface area contributed by atoms with E-state index in [0.29, 0.717) is 24.0 Å². The first kappa shape index (κ1) is 14.2. The summed E-state index contributed by atoms with van der Waals surface area (Å²) in [5.41, 5.74) is 1.45. The maximum Gasteiger partial charge on any atom is 0.308 e. The molecule has 0 spiro atoms. The van der Waals surface area contributed by atoms with Gasteiger partial charge in [0, 0.05) is 11.1 Å². The minimum Gasteiger partial charge on any atom is -0.469 e. The van der Waals surface area contributed by atoms with Crippen LogP contribution in [-0.4, -0.2) is 18.0 Å². The van der Waals surface area contributed by atoms with Crippen molar-refractivity contribution in [1.82, 2.24) is 0 Å². The molecule has 0 saturated heterocycles. The van der Waals surface area contributed by atoms with E-state index >= 15 is 0 Å². The Hall–Kier alpha value is -1.91. The second kappa shape index (κ2) is 6.14. The lowest BCUT2D eigenvalue weighted by Crippen LogP contribution is -2.13. The molecule has 0 aromatic heterocycles. The molecule has 1 aromatic carbocycles. The van der Waals surface area contributed by atoms with Crippen LogP contribution in [0.3, 0.4) is 0 Å². The minimum absolute atomic E-state index is 0.148. The summed E-state index contributed by atoms with van der Waals surface area (Å²) in [4.78, 5) is 21.9. The van der Waals surface area contributed by atoms with Crippen molar-refractivity contribution in [1.29, 1.82) is 0 Å². The van der Waals surface area contributed by atoms with Crippen LogP contribution in [0.2, 0.25) is 0 Å². The number of hydrogen-bond acceptors (Lipinski definition) is 4. The van der Waals surface area contributed by atoms with Crippen LogP contribution in [0, 0.1) is 23.0 Å². The zero-order valence-corrected chi connectivity index (χ0v) is 10.8. The fourth-order valence-electron chi connectivity index (χ4n) is 1.87. The summed E-state index contributed by atoms with van der Waals surface area (Å²) < 4.78 is 4.63. The van der Waals surface area contributed by atoms with Crippen LogP contribution < -0.4 is 0 Å². The fraction of sp³-hybridized carbons (Fsp3) is 0.462. The van der Waals surface area contributed by atoms with Crippen molar-refractivity contribution in [3.63, 3.8) is 0 Å². The lowest BCUT2D eigenvalue weighted by Gasteiger charge is -2.09. The molecule has 0 amide bonds. The third-order valence-corrected chi connectivity index (χ3v) is 2.95. The molecule has 1 atom stereocenters. The Balaban J connectivity index is 2.82. The molecule has 1 rings (SSSR count). The van der Waals surface area contributed by atoms with E-state index in [1.54, 1.807) is 32.0 Å². The van der Waals surface area contributed by atoms with Gasteiger partial charge in [-0.15, -0.1) is 0 Å². The molecular weight excluding hydrogens is 234 g/mol. The van der Waals surface area contributed by atoms with Gasteiger partial charge < -0.3 is 4.74 Å². The van der Waals surface area contributed by atoms with Gasteiger partial charge in [-0.1, -0.05) is 25.1 Å². The van der Waals surface area contributed by atoms with Crippen molar-refractivity contribution >= 4 is 11.7 Å². The number of benzene rings is 1. The van der Waals surface area contributed by atoms with Gasteiger partial charge in [-0.05, 0) is 19.8 Å². The molecule has 1 aromatic rings. The Morgan fingerprint density at radius 2 is 2.17 bits per heavy atom. The zero-order valence-electron chi connectivity index (χ0n) is 10.8. The van der Waals surface area contributed by atoms with Crippen molar-refractivity contribution in [3.05, 3.63) is 39.4 Å². The SMILES string of the molecule is COC(=O)C(C)CCc1cccc(C)c1[N+](=O)[O-]. The summed E-state index contributed by atoms with van der Waals surface area (Å²) in [6, 6.07) is 5.24. The van der Waals surface area contributed by atoms with Crippen molar-refractivity contribution < 1.29 is 14.5 Å². The Labute approximate surface area is 106 Å². The van der Waals surface area contributed by atoms with Crippen LogP contribution in [0.15, 0.2) is 18.2 Å². The van der Waals surface area contributed by atoms with Gasteiger partial charge in [0.1, 0.15) is 0 Å². The van der Waals surface area contributed by atoms with Crippen LogP contribution in [0.1, 0.15) is 24.5 Å². The highest BCUT2D eigenvalue weighted by atomic mass is 16.6. The number of rotatable bonds is 5. The number of carbonyl (C=O) groups excluding carboxylic acids is 1. The topological polar surface area (TPSA) is 69.4 Å². The highest BCUT2D eigenvalue weighted by Crippen LogP contribution is 2.25. The molecule has 1 unspecified atom stereocenters. The van der Waals surface area contributed by atoms with Crippen LogP contribution in [-0.2, 0) is 16.0 Å². The molecule has 5 heteroatoms. The average Bonchev–Trinajstić information content (AvgIpc) is 2.34. The standard InChI is InChI=1S/C13H17NO4/c1-9-5-4-6-11(12(9)14(16)17)8-7-10(2)13(15)18-3/h4-6,10H,7-8H2,1-3H3. The van der Waals surface area contributed by atoms with Crippen molar-refractivity contribution in [2.75, 3.05) is 7.11 Å². The van der Waals surface area contributed by atoms with E-state index in [9.17, 15) is 14.9 Å². The molecule has 0 aliphatic heterocycles. The van der Waals surface area contributed by atoms with Gasteiger partial charge in [0.15, 0.2) is 0 Å². The molecular formula is C13H17NO4. The first-order valence-electron chi connectivity index (χ1n) is 5.78. The normalized spacial score (nSPS) is 11.9. The number of aryl methyl sites for hydroxylation is 2. The van der Waals surface area contributed by atoms with E-state index in [2.05, 4.69) is 4.74 Å². The van der Waals surface area contributed by atoms with Gasteiger partial charge in [-0.2, -0.15) is 0 Å². The highest BCUT2D eigenvalue weighted by Gasteiger charge is 2.19. The molecule has 0 bridgehead atoms. The van der Waals surface area contributed by atoms with E-state index in [0.717, 1.165) is 0 Å². The molecule has 0 N–H and O–H groups in total. The smallest absolute Gasteiger partial charge is 0.308 e. The minimum atomic E-state index is -0.368. The number of nitro benzene ring substituents is 1. The molecule has 0 aliphatic carbocycles. The Morgan fingerprint density at radius 3 is 2.72 bits per heavy atom. The maximum absolute atomic E-state index is 11.3. The van der Waals surface area contributed by atoms with Gasteiger partial charge in [0.25, 0.3) is 5.69 Å². The largest absolute Gasteiger partial charge is 0.469 e. The molecule has 0 aliphatic rings. The molecule has 5 nitrogen and oxygen atoms in total. The van der Waals surface area contributed by atoms with Crippen LogP contribution in [0.5, 0.6) is 0 Å². The third kappa shape index (κ3) is 3.29. The Morgan fingerprint density at radius 1 is 1.50 bits per heavy atom. The first-order chi connectivity index (χ1) is 8.47. The van der Waals surface area contributed by atoms with Crippen molar-refractivity contribution in [2.24, 2.45) is 5.92 Å². The van der Waals surface area contributed by atoms with E-state index in [-0.39, 0.29) is 22.5 Å². The monoisotopic (exact) mass is 251 g/mol. The summed E-state index contributed by atoms with van der Waals surface area (Å²) in [7, 11) is 1.34. The number of nitrogens with zero attached hydrogens (tertiary/aromatic N) is 1. The summed E-state index contributed by atoms with van der Waals surface area (Å²) in [6.45, 7) is 3.47. The van der Waals surface area contributed by atoms with E-state index < -0.39 is 0 Å². The summed E-state index contributed by atoms with van der Waals surface area (Å²) >= 11 is 0. The van der Waals surface area contributed by atoms with Crippen LogP contribution >= 0.6 is 0 Å². The molecule has 0 saturated carbocycles. The number of nitro groups is 1. The van der Waals surface area contributed by atoms with Gasteiger partial charge in [-0.3, -0.25) is 14.9 Å². The number of ether oxygens (including phenoxy) is 1. The molecule has 98 valence electrons. The predicted octanol–water partition coefficient (Wildman–Crippen LogP) is 2.64. The summed E-state index contributed by atoms with van der Waals surface area (Å²) in [5.74, 6) is -0.541. The quantitative estimate of drug-likeness (QED) is 0.458. The Bertz CT molecular complexity index is 456. The zero-order chi connectivity index (χ0) is 13.7. The number of para-hydroxylation sites is 1. The summed E-state index contributed by atoms with van der Waals surface area (Å²) in [5, 5.41) is 11.0. The number of esters is 1. The van der Waals surface area contributed by atoms with E-state index in [1.807, 2.05) is 0 Å². The lowest BCUT2D eigenvalue weighted by molar-refractivity contribution is -0.386. The van der Waals surface area contributed by atoms with Gasteiger partial charge >= 0.3 is 5.97 Å². The molecule has 0 heterocycles. The van der Waals surface area contributed by atoms with Crippen molar-refractivity contribution in [3.8, 4) is 0 Å². The predicted molar refractivity (Wildman–Crippen MR) is 67.3 cm³/mol. The summed E-state index contributed by atoms with van der Waals surface area (Å²) in [6.07, 6.45) is 1.03. The molecule has 18 heavy (non-hydrogen) atoms. The Kier molecular flexibility index (Phi) is 4.83. The van der Waals surface area contributed by atoms with E-state index in [4.69, 9.17) is 0 Å². The van der Waals surface area contributed by atoms with Crippen LogP contribution in [0.4, 0.5) is 5.69 Å². The lowest BCUT2D eigenvalue weighted by atomic mass is 9.98. The highest BCUT2D eigenvalue weighted by molar-refractivity contribution is 5.71. The maximum atomic E-state index is 11.3. The first-order valence-corrected chi connectivity index (χ1v) is 5.78. The average molecular weight is 251 g/mol. The van der Waals surface area contributed by atoms with Crippen molar-refractivity contribution in [2.45, 2.75) is 26.7 Å². The van der Waals surface area contributed by atoms with Gasteiger partial charge in [0.2, 0.25) is 0 Å². The molecule has 0 fully saturated rings. The van der Waals surface area contributed by atoms with Gasteiger partial charge in [0.05, 0.1) is 18.0 Å². The number of methoxy groups -OCH3 is 1. The van der Waals surface area contributed by atoms with Gasteiger partial charge in [-0.25, -0.2) is 0 Å². The second-order valence-corrected chi connectivity index (χ2v) is 4.30. The fourth-order valence-corrected chi connectivity index (χ4v) is 1.87. The second-order valence-electron chi connectivity index (χ2n) is 4.30. The van der Waals surface area contributed by atoms with Crippen LogP contribution in [0.25, 0.3) is 0 Å². The number of hydrogen-bond donors (Lipinski definition) is 0.